The van der Waals surface area contributed by atoms with E-state index in [1.807, 2.05) is 24.3 Å². The van der Waals surface area contributed by atoms with E-state index in [0.717, 1.165) is 70.4 Å². The Morgan fingerprint density at radius 1 is 0.917 bits per heavy atom. The summed E-state index contributed by atoms with van der Waals surface area (Å²) in [6, 6.07) is 25.0. The lowest BCUT2D eigenvalue weighted by atomic mass is 9.98. The molecule has 1 aliphatic heterocycles. The topological polar surface area (TPSA) is 34.3 Å². The van der Waals surface area contributed by atoms with Gasteiger partial charge >= 0.3 is 0 Å². The standard InChI is InChI=1S/C30H27ClN4S/c1-19-9-11-22(12-10-19)28-33-35-27(29(36)32-24-7-5-6-20(2)18-24)26(21-13-15-23(31)16-14-21)25-8-3-4-17-34(28)30(25)35/h5-7,9-16,18H,3-4,8,17H2,1-2H3,(H,32,36). The van der Waals surface area contributed by atoms with Gasteiger partial charge in [0, 0.05) is 33.9 Å². The number of nitrogens with one attached hydrogen (secondary N) is 1. The van der Waals surface area contributed by atoms with Gasteiger partial charge in [-0.25, -0.2) is 4.52 Å². The normalized spacial score (nSPS) is 13.1. The van der Waals surface area contributed by atoms with E-state index in [1.165, 1.54) is 16.7 Å². The van der Waals surface area contributed by atoms with Crippen LogP contribution in [0, 0.1) is 13.8 Å². The molecule has 0 saturated carbocycles. The lowest BCUT2D eigenvalue weighted by Gasteiger charge is -2.12. The van der Waals surface area contributed by atoms with Gasteiger partial charge in [0.05, 0.1) is 0 Å². The number of aryl methyl sites for hydroxylation is 4. The van der Waals surface area contributed by atoms with Crippen LogP contribution in [0.5, 0.6) is 0 Å². The van der Waals surface area contributed by atoms with Crippen LogP contribution in [-0.2, 0) is 13.0 Å². The Hall–Kier alpha value is -3.41. The van der Waals surface area contributed by atoms with Crippen molar-refractivity contribution in [1.82, 2.24) is 14.2 Å². The molecule has 0 amide bonds. The number of rotatable bonds is 4. The molecule has 0 saturated heterocycles. The average Bonchev–Trinajstić information content (AvgIpc) is 3.28. The van der Waals surface area contributed by atoms with Gasteiger partial charge in [-0.2, -0.15) is 0 Å². The fourth-order valence-electron chi connectivity index (χ4n) is 5.20. The summed E-state index contributed by atoms with van der Waals surface area (Å²) in [4.78, 5) is 0.660. The largest absolute Gasteiger partial charge is 0.345 e. The van der Waals surface area contributed by atoms with Crippen molar-refractivity contribution in [1.29, 1.82) is 0 Å². The summed E-state index contributed by atoms with van der Waals surface area (Å²) in [6.45, 7) is 5.13. The Morgan fingerprint density at radius 2 is 1.67 bits per heavy atom. The zero-order valence-corrected chi connectivity index (χ0v) is 22.0. The first-order valence-corrected chi connectivity index (χ1v) is 13.1. The molecule has 1 N–H and O–H groups in total. The van der Waals surface area contributed by atoms with Crippen molar-refractivity contribution in [2.75, 3.05) is 5.32 Å². The van der Waals surface area contributed by atoms with Crippen molar-refractivity contribution in [3.8, 4) is 22.5 Å². The third kappa shape index (κ3) is 4.02. The molecule has 0 bridgehead atoms. The molecule has 6 heteroatoms. The Bertz CT molecular complexity index is 1590. The molecule has 0 radical (unpaired) electrons. The van der Waals surface area contributed by atoms with Crippen LogP contribution in [0.3, 0.4) is 0 Å². The molecule has 0 fully saturated rings. The van der Waals surface area contributed by atoms with Gasteiger partial charge in [0.1, 0.15) is 16.3 Å². The molecule has 0 aliphatic carbocycles. The SMILES string of the molecule is Cc1ccc(-c2nn3c(C(=S)Nc4cccc(C)c4)c(-c4ccc(Cl)cc4)c4c3n2CCCC4)cc1. The number of benzene rings is 3. The molecule has 4 nitrogen and oxygen atoms in total. The van der Waals surface area contributed by atoms with E-state index in [-0.39, 0.29) is 0 Å². The quantitative estimate of drug-likeness (QED) is 0.250. The number of halogens is 1. The first-order valence-electron chi connectivity index (χ1n) is 12.3. The summed E-state index contributed by atoms with van der Waals surface area (Å²) in [5, 5.41) is 9.42. The second-order valence-corrected chi connectivity index (χ2v) is 10.4. The maximum Gasteiger partial charge on any atom is 0.162 e. The highest BCUT2D eigenvalue weighted by atomic mass is 35.5. The first-order chi connectivity index (χ1) is 17.5. The van der Waals surface area contributed by atoms with Gasteiger partial charge in [0.15, 0.2) is 5.82 Å². The second kappa shape index (κ2) is 9.23. The van der Waals surface area contributed by atoms with Gasteiger partial charge < -0.3 is 9.88 Å². The Morgan fingerprint density at radius 3 is 2.42 bits per heavy atom. The second-order valence-electron chi connectivity index (χ2n) is 9.57. The number of hydrogen-bond acceptors (Lipinski definition) is 2. The monoisotopic (exact) mass is 510 g/mol. The van der Waals surface area contributed by atoms with Crippen LogP contribution >= 0.6 is 23.8 Å². The fourth-order valence-corrected chi connectivity index (χ4v) is 5.64. The Labute approximate surface area is 221 Å². The molecule has 1 aliphatic rings. The van der Waals surface area contributed by atoms with Crippen LogP contribution in [0.25, 0.3) is 28.2 Å². The lowest BCUT2D eigenvalue weighted by molar-refractivity contribution is 0.645. The van der Waals surface area contributed by atoms with Crippen molar-refractivity contribution in [2.24, 2.45) is 0 Å². The highest BCUT2D eigenvalue weighted by Crippen LogP contribution is 2.39. The van der Waals surface area contributed by atoms with Crippen LogP contribution in [0.4, 0.5) is 5.69 Å². The Balaban J connectivity index is 1.61. The average molecular weight is 511 g/mol. The zero-order valence-electron chi connectivity index (χ0n) is 20.4. The Kier molecular flexibility index (Phi) is 5.90. The highest BCUT2D eigenvalue weighted by molar-refractivity contribution is 7.81. The minimum absolute atomic E-state index is 0.660. The van der Waals surface area contributed by atoms with Crippen molar-refractivity contribution in [3.63, 3.8) is 0 Å². The van der Waals surface area contributed by atoms with Crippen LogP contribution in [-0.4, -0.2) is 19.2 Å². The van der Waals surface area contributed by atoms with E-state index < -0.39 is 0 Å². The summed E-state index contributed by atoms with van der Waals surface area (Å²) in [7, 11) is 0. The fraction of sp³-hybridized carbons (Fsp3) is 0.200. The first kappa shape index (κ1) is 23.0. The molecule has 0 atom stereocenters. The predicted molar refractivity (Wildman–Crippen MR) is 153 cm³/mol. The van der Waals surface area contributed by atoms with Gasteiger partial charge in [0.25, 0.3) is 0 Å². The zero-order chi connectivity index (χ0) is 24.8. The summed E-state index contributed by atoms with van der Waals surface area (Å²) in [6.07, 6.45) is 3.21. The van der Waals surface area contributed by atoms with E-state index in [0.29, 0.717) is 4.99 Å². The van der Waals surface area contributed by atoms with Gasteiger partial charge in [-0.1, -0.05) is 77.9 Å². The number of hydrogen-bond donors (Lipinski definition) is 1. The van der Waals surface area contributed by atoms with Gasteiger partial charge in [0.2, 0.25) is 0 Å². The van der Waals surface area contributed by atoms with E-state index in [2.05, 4.69) is 76.8 Å². The van der Waals surface area contributed by atoms with E-state index in [4.69, 9.17) is 28.9 Å². The molecule has 3 aromatic carbocycles. The number of nitrogens with zero attached hydrogens (tertiary/aromatic N) is 3. The molecular weight excluding hydrogens is 484 g/mol. The van der Waals surface area contributed by atoms with E-state index >= 15 is 0 Å². The lowest BCUT2D eigenvalue weighted by Crippen LogP contribution is -2.15. The van der Waals surface area contributed by atoms with Crippen LogP contribution in [0.15, 0.2) is 72.8 Å². The third-order valence-electron chi connectivity index (χ3n) is 6.92. The number of aromatic nitrogens is 3. The van der Waals surface area contributed by atoms with Gasteiger partial charge in [-0.15, -0.1) is 5.10 Å². The number of anilines is 1. The van der Waals surface area contributed by atoms with Crippen molar-refractivity contribution >= 4 is 40.1 Å². The third-order valence-corrected chi connectivity index (χ3v) is 7.47. The minimum atomic E-state index is 0.660. The summed E-state index contributed by atoms with van der Waals surface area (Å²) in [5.74, 6) is 0.982. The molecule has 36 heavy (non-hydrogen) atoms. The molecular formula is C30H27ClN4S. The van der Waals surface area contributed by atoms with Crippen molar-refractivity contribution < 1.29 is 0 Å². The molecule has 2 aromatic heterocycles. The summed E-state index contributed by atoms with van der Waals surface area (Å²) >= 11 is 12.3. The molecule has 3 heterocycles. The molecule has 6 rings (SSSR count). The van der Waals surface area contributed by atoms with E-state index in [1.54, 1.807) is 0 Å². The van der Waals surface area contributed by atoms with Crippen LogP contribution in [0.2, 0.25) is 5.02 Å². The highest BCUT2D eigenvalue weighted by Gasteiger charge is 2.29. The van der Waals surface area contributed by atoms with Gasteiger partial charge in [-0.3, -0.25) is 0 Å². The summed E-state index contributed by atoms with van der Waals surface area (Å²) < 4.78 is 4.45. The van der Waals surface area contributed by atoms with Gasteiger partial charge in [-0.05, 0) is 68.5 Å². The maximum absolute atomic E-state index is 6.26. The van der Waals surface area contributed by atoms with E-state index in [9.17, 15) is 0 Å². The minimum Gasteiger partial charge on any atom is -0.345 e. The smallest absolute Gasteiger partial charge is 0.162 e. The van der Waals surface area contributed by atoms with Crippen LogP contribution < -0.4 is 5.32 Å². The molecule has 5 aromatic rings. The molecule has 0 spiro atoms. The predicted octanol–water partition coefficient (Wildman–Crippen LogP) is 7.86. The van der Waals surface area contributed by atoms with Crippen molar-refractivity contribution in [2.45, 2.75) is 39.7 Å². The molecule has 180 valence electrons. The van der Waals surface area contributed by atoms with Crippen molar-refractivity contribution in [3.05, 3.63) is 100 Å². The molecule has 0 unspecified atom stereocenters. The summed E-state index contributed by atoms with van der Waals surface area (Å²) in [5.41, 5.74) is 10.1. The maximum atomic E-state index is 6.26. The number of thiocarbonyl (C=S) groups is 1. The van der Waals surface area contributed by atoms with Crippen LogP contribution in [0.1, 0.15) is 35.2 Å².